The van der Waals surface area contributed by atoms with Crippen molar-refractivity contribution < 1.29 is 5.11 Å². The molecule has 2 N–H and O–H groups in total. The maximum atomic E-state index is 10.0. The standard InChI is InChI=1S/C12H27NO/c1-10(2)9-12(6,14)7-8-13-11(3,4)5/h10,13-14H,7-9H2,1-6H3. The minimum Gasteiger partial charge on any atom is -0.390 e. The Kier molecular flexibility index (Phi) is 5.10. The van der Waals surface area contributed by atoms with Gasteiger partial charge in [-0.3, -0.25) is 0 Å². The highest BCUT2D eigenvalue weighted by Gasteiger charge is 2.22. The van der Waals surface area contributed by atoms with E-state index in [-0.39, 0.29) is 5.54 Å². The molecule has 2 nitrogen and oxygen atoms in total. The van der Waals surface area contributed by atoms with Gasteiger partial charge in [0.1, 0.15) is 0 Å². The Morgan fingerprint density at radius 3 is 2.00 bits per heavy atom. The molecular weight excluding hydrogens is 174 g/mol. The SMILES string of the molecule is CC(C)CC(C)(O)CCNC(C)(C)C. The molecule has 0 saturated heterocycles. The van der Waals surface area contributed by atoms with E-state index in [1.165, 1.54) is 0 Å². The fourth-order valence-electron chi connectivity index (χ4n) is 1.69. The Morgan fingerprint density at radius 2 is 1.64 bits per heavy atom. The molecular formula is C12H27NO. The average Bonchev–Trinajstić information content (AvgIpc) is 1.78. The molecule has 0 aromatic rings. The van der Waals surface area contributed by atoms with Crippen LogP contribution >= 0.6 is 0 Å². The molecule has 0 aliphatic carbocycles. The Hall–Kier alpha value is -0.0800. The quantitative estimate of drug-likeness (QED) is 0.716. The van der Waals surface area contributed by atoms with Crippen molar-refractivity contribution in [3.05, 3.63) is 0 Å². The third kappa shape index (κ3) is 8.52. The first kappa shape index (κ1) is 13.9. The highest BCUT2D eigenvalue weighted by Crippen LogP contribution is 2.19. The third-order valence-electron chi connectivity index (χ3n) is 2.17. The van der Waals surface area contributed by atoms with Gasteiger partial charge in [0.2, 0.25) is 0 Å². The van der Waals surface area contributed by atoms with Crippen molar-refractivity contribution in [3.8, 4) is 0 Å². The zero-order valence-corrected chi connectivity index (χ0v) is 10.6. The molecule has 1 unspecified atom stereocenters. The maximum absolute atomic E-state index is 10.0. The minimum atomic E-state index is -0.521. The largest absolute Gasteiger partial charge is 0.390 e. The van der Waals surface area contributed by atoms with Crippen molar-refractivity contribution >= 4 is 0 Å². The Labute approximate surface area is 89.1 Å². The summed E-state index contributed by atoms with van der Waals surface area (Å²) in [7, 11) is 0. The van der Waals surface area contributed by atoms with Crippen LogP contribution in [-0.4, -0.2) is 22.8 Å². The maximum Gasteiger partial charge on any atom is 0.0634 e. The van der Waals surface area contributed by atoms with Crippen molar-refractivity contribution in [3.63, 3.8) is 0 Å². The van der Waals surface area contributed by atoms with Gasteiger partial charge in [-0.25, -0.2) is 0 Å². The van der Waals surface area contributed by atoms with E-state index >= 15 is 0 Å². The second-order valence-electron chi connectivity index (χ2n) is 6.02. The highest BCUT2D eigenvalue weighted by atomic mass is 16.3. The van der Waals surface area contributed by atoms with Gasteiger partial charge >= 0.3 is 0 Å². The molecule has 2 heteroatoms. The second-order valence-corrected chi connectivity index (χ2v) is 6.02. The fraction of sp³-hybridized carbons (Fsp3) is 1.00. The highest BCUT2D eigenvalue weighted by molar-refractivity contribution is 4.78. The van der Waals surface area contributed by atoms with Crippen LogP contribution in [-0.2, 0) is 0 Å². The van der Waals surface area contributed by atoms with Gasteiger partial charge in [-0.1, -0.05) is 13.8 Å². The van der Waals surface area contributed by atoms with Gasteiger partial charge in [0.15, 0.2) is 0 Å². The van der Waals surface area contributed by atoms with E-state index in [4.69, 9.17) is 0 Å². The molecule has 0 aliphatic heterocycles. The first-order valence-electron chi connectivity index (χ1n) is 5.60. The monoisotopic (exact) mass is 201 g/mol. The van der Waals surface area contributed by atoms with Gasteiger partial charge in [0.25, 0.3) is 0 Å². The van der Waals surface area contributed by atoms with Gasteiger partial charge < -0.3 is 10.4 Å². The summed E-state index contributed by atoms with van der Waals surface area (Å²) in [6, 6.07) is 0. The lowest BCUT2D eigenvalue weighted by atomic mass is 9.91. The minimum absolute atomic E-state index is 0.147. The molecule has 0 aliphatic rings. The van der Waals surface area contributed by atoms with E-state index in [0.717, 1.165) is 19.4 Å². The van der Waals surface area contributed by atoms with Crippen LogP contribution in [0.4, 0.5) is 0 Å². The summed E-state index contributed by atoms with van der Waals surface area (Å²) in [5.74, 6) is 0.555. The van der Waals surface area contributed by atoms with Crippen LogP contribution in [0, 0.1) is 5.92 Å². The second kappa shape index (κ2) is 5.13. The van der Waals surface area contributed by atoms with E-state index in [9.17, 15) is 5.11 Å². The average molecular weight is 201 g/mol. The molecule has 0 radical (unpaired) electrons. The van der Waals surface area contributed by atoms with E-state index in [0.29, 0.717) is 5.92 Å². The van der Waals surface area contributed by atoms with Crippen molar-refractivity contribution in [2.24, 2.45) is 5.92 Å². The molecule has 0 spiro atoms. The number of nitrogens with one attached hydrogen (secondary N) is 1. The summed E-state index contributed by atoms with van der Waals surface area (Å²) < 4.78 is 0. The van der Waals surface area contributed by atoms with Gasteiger partial charge in [0.05, 0.1) is 5.60 Å². The molecule has 0 heterocycles. The zero-order chi connectivity index (χ0) is 11.4. The first-order chi connectivity index (χ1) is 6.12. The summed E-state index contributed by atoms with van der Waals surface area (Å²) in [6.07, 6.45) is 1.70. The van der Waals surface area contributed by atoms with Crippen LogP contribution in [0.15, 0.2) is 0 Å². The predicted molar refractivity (Wildman–Crippen MR) is 62.5 cm³/mol. The van der Waals surface area contributed by atoms with Crippen molar-refractivity contribution in [2.45, 2.75) is 65.5 Å². The smallest absolute Gasteiger partial charge is 0.0634 e. The third-order valence-corrected chi connectivity index (χ3v) is 2.17. The van der Waals surface area contributed by atoms with Crippen molar-refractivity contribution in [2.75, 3.05) is 6.54 Å². The van der Waals surface area contributed by atoms with E-state index in [1.807, 2.05) is 6.92 Å². The summed E-state index contributed by atoms with van der Waals surface area (Å²) in [4.78, 5) is 0. The van der Waals surface area contributed by atoms with E-state index in [1.54, 1.807) is 0 Å². The lowest BCUT2D eigenvalue weighted by molar-refractivity contribution is 0.0289. The molecule has 0 aromatic carbocycles. The Bertz CT molecular complexity index is 156. The van der Waals surface area contributed by atoms with Crippen molar-refractivity contribution in [1.82, 2.24) is 5.32 Å². The van der Waals surface area contributed by atoms with Crippen LogP contribution in [0.3, 0.4) is 0 Å². The van der Waals surface area contributed by atoms with E-state index < -0.39 is 5.60 Å². The number of hydrogen-bond acceptors (Lipinski definition) is 2. The predicted octanol–water partition coefficient (Wildman–Crippen LogP) is 2.56. The summed E-state index contributed by atoms with van der Waals surface area (Å²) >= 11 is 0. The van der Waals surface area contributed by atoms with Crippen LogP contribution < -0.4 is 5.32 Å². The number of aliphatic hydroxyl groups is 1. The number of hydrogen-bond donors (Lipinski definition) is 2. The molecule has 0 rings (SSSR count). The van der Waals surface area contributed by atoms with Gasteiger partial charge in [-0.05, 0) is 53.0 Å². The molecule has 0 aromatic heterocycles. The van der Waals surface area contributed by atoms with Gasteiger partial charge in [0, 0.05) is 5.54 Å². The lowest BCUT2D eigenvalue weighted by Crippen LogP contribution is -2.40. The Balaban J connectivity index is 3.76. The van der Waals surface area contributed by atoms with Gasteiger partial charge in [-0.2, -0.15) is 0 Å². The first-order valence-corrected chi connectivity index (χ1v) is 5.60. The summed E-state index contributed by atoms with van der Waals surface area (Å²) in [5.41, 5.74) is -0.375. The molecule has 0 bridgehead atoms. The number of rotatable bonds is 5. The van der Waals surface area contributed by atoms with Crippen molar-refractivity contribution in [1.29, 1.82) is 0 Å². The van der Waals surface area contributed by atoms with Gasteiger partial charge in [-0.15, -0.1) is 0 Å². The summed E-state index contributed by atoms with van der Waals surface area (Å²) in [6.45, 7) is 13.5. The summed E-state index contributed by atoms with van der Waals surface area (Å²) in [5, 5.41) is 13.4. The zero-order valence-electron chi connectivity index (χ0n) is 10.6. The van der Waals surface area contributed by atoms with Crippen LogP contribution in [0.25, 0.3) is 0 Å². The van der Waals surface area contributed by atoms with E-state index in [2.05, 4.69) is 39.9 Å². The van der Waals surface area contributed by atoms with Crippen LogP contribution in [0.1, 0.15) is 54.4 Å². The molecule has 0 amide bonds. The van der Waals surface area contributed by atoms with Crippen LogP contribution in [0.5, 0.6) is 0 Å². The molecule has 1 atom stereocenters. The lowest BCUT2D eigenvalue weighted by Gasteiger charge is -2.28. The normalized spacial score (nSPS) is 17.1. The molecule has 14 heavy (non-hydrogen) atoms. The fourth-order valence-corrected chi connectivity index (χ4v) is 1.69. The topological polar surface area (TPSA) is 32.3 Å². The molecule has 0 fully saturated rings. The van der Waals surface area contributed by atoms with Crippen LogP contribution in [0.2, 0.25) is 0 Å². The molecule has 0 saturated carbocycles. The Morgan fingerprint density at radius 1 is 1.14 bits per heavy atom. The molecule has 86 valence electrons.